The van der Waals surface area contributed by atoms with E-state index in [1.54, 1.807) is 17.6 Å². The molecule has 1 saturated heterocycles. The van der Waals surface area contributed by atoms with Crippen molar-refractivity contribution in [1.82, 2.24) is 9.88 Å². The minimum absolute atomic E-state index is 0.0129. The first-order valence-electron chi connectivity index (χ1n) is 10.2. The summed E-state index contributed by atoms with van der Waals surface area (Å²) in [4.78, 5) is 32.5. The molecule has 3 aromatic rings. The van der Waals surface area contributed by atoms with E-state index < -0.39 is 0 Å². The summed E-state index contributed by atoms with van der Waals surface area (Å²) in [5, 5.41) is 3.02. The van der Waals surface area contributed by atoms with Crippen LogP contribution in [-0.4, -0.2) is 34.8 Å². The average Bonchev–Trinajstić information content (AvgIpc) is 3.44. The van der Waals surface area contributed by atoms with Crippen molar-refractivity contribution in [3.05, 3.63) is 58.7 Å². The molecular weight excluding hydrogens is 398 g/mol. The molecule has 2 aromatic heterocycles. The molecule has 6 nitrogen and oxygen atoms in total. The smallest absolute Gasteiger partial charge is 0.227 e. The summed E-state index contributed by atoms with van der Waals surface area (Å²) in [6, 6.07) is 11.4. The van der Waals surface area contributed by atoms with Crippen LogP contribution in [0.15, 0.2) is 52.6 Å². The number of carbonyl (C=O) groups excluding carboxylic acids is 2. The van der Waals surface area contributed by atoms with Gasteiger partial charge in [-0.2, -0.15) is 0 Å². The molecule has 1 N–H and O–H groups in total. The number of piperidine rings is 1. The molecule has 0 unspecified atom stereocenters. The number of rotatable bonds is 6. The number of likely N-dealkylation sites (tertiary alicyclic amines) is 1. The van der Waals surface area contributed by atoms with Crippen LogP contribution >= 0.6 is 11.3 Å². The SMILES string of the molecule is Cc1ncsc1CCC(=O)N1CCC(C(=O)Nc2cccc(-c3ccco3)c2)CC1. The summed E-state index contributed by atoms with van der Waals surface area (Å²) >= 11 is 1.60. The zero-order valence-corrected chi connectivity index (χ0v) is 17.8. The number of amides is 2. The highest BCUT2D eigenvalue weighted by molar-refractivity contribution is 7.09. The lowest BCUT2D eigenvalue weighted by molar-refractivity contribution is -0.134. The summed E-state index contributed by atoms with van der Waals surface area (Å²) < 4.78 is 5.43. The van der Waals surface area contributed by atoms with Gasteiger partial charge in [-0.1, -0.05) is 12.1 Å². The number of furan rings is 1. The van der Waals surface area contributed by atoms with Gasteiger partial charge in [-0.3, -0.25) is 9.59 Å². The third-order valence-electron chi connectivity index (χ3n) is 5.57. The molecule has 3 heterocycles. The maximum absolute atomic E-state index is 12.7. The number of aromatic nitrogens is 1. The van der Waals surface area contributed by atoms with Crippen molar-refractivity contribution in [2.45, 2.75) is 32.6 Å². The molecule has 1 aliphatic rings. The number of nitrogens with one attached hydrogen (secondary N) is 1. The van der Waals surface area contributed by atoms with Gasteiger partial charge in [-0.05, 0) is 50.5 Å². The third-order valence-corrected chi connectivity index (χ3v) is 6.56. The van der Waals surface area contributed by atoms with Crippen LogP contribution in [0, 0.1) is 12.8 Å². The van der Waals surface area contributed by atoms with Gasteiger partial charge in [0, 0.05) is 41.6 Å². The summed E-state index contributed by atoms with van der Waals surface area (Å²) in [6.07, 6.45) is 4.25. The average molecular weight is 424 g/mol. The maximum Gasteiger partial charge on any atom is 0.227 e. The first-order chi connectivity index (χ1) is 14.6. The van der Waals surface area contributed by atoms with Gasteiger partial charge in [0.25, 0.3) is 0 Å². The largest absolute Gasteiger partial charge is 0.464 e. The van der Waals surface area contributed by atoms with E-state index >= 15 is 0 Å². The van der Waals surface area contributed by atoms with Gasteiger partial charge in [-0.25, -0.2) is 4.98 Å². The van der Waals surface area contributed by atoms with Gasteiger partial charge in [0.2, 0.25) is 11.8 Å². The molecule has 156 valence electrons. The fourth-order valence-corrected chi connectivity index (χ4v) is 4.55. The Morgan fingerprint density at radius 1 is 1.23 bits per heavy atom. The highest BCUT2D eigenvalue weighted by Gasteiger charge is 2.27. The van der Waals surface area contributed by atoms with Crippen LogP contribution in [0.4, 0.5) is 5.69 Å². The van der Waals surface area contributed by atoms with Gasteiger partial charge in [0.15, 0.2) is 0 Å². The van der Waals surface area contributed by atoms with Crippen molar-refractivity contribution in [1.29, 1.82) is 0 Å². The molecule has 0 aliphatic carbocycles. The molecule has 4 rings (SSSR count). The Labute approximate surface area is 179 Å². The minimum Gasteiger partial charge on any atom is -0.464 e. The van der Waals surface area contributed by atoms with Crippen LogP contribution < -0.4 is 5.32 Å². The van der Waals surface area contributed by atoms with Gasteiger partial charge >= 0.3 is 0 Å². The highest BCUT2D eigenvalue weighted by Crippen LogP contribution is 2.25. The lowest BCUT2D eigenvalue weighted by Crippen LogP contribution is -2.41. The number of nitrogens with zero attached hydrogens (tertiary/aromatic N) is 2. The Bertz CT molecular complexity index is 1000. The monoisotopic (exact) mass is 423 g/mol. The van der Waals surface area contributed by atoms with Crippen LogP contribution in [0.5, 0.6) is 0 Å². The quantitative estimate of drug-likeness (QED) is 0.632. The predicted molar refractivity (Wildman–Crippen MR) is 117 cm³/mol. The molecule has 30 heavy (non-hydrogen) atoms. The van der Waals surface area contributed by atoms with Crippen LogP contribution in [0.3, 0.4) is 0 Å². The summed E-state index contributed by atoms with van der Waals surface area (Å²) in [7, 11) is 0. The molecule has 0 spiro atoms. The second kappa shape index (κ2) is 9.26. The molecule has 0 atom stereocenters. The molecule has 1 aromatic carbocycles. The number of thiazole rings is 1. The van der Waals surface area contributed by atoms with E-state index in [9.17, 15) is 9.59 Å². The molecule has 0 saturated carbocycles. The zero-order chi connectivity index (χ0) is 20.9. The summed E-state index contributed by atoms with van der Waals surface area (Å²) in [5.41, 5.74) is 4.52. The van der Waals surface area contributed by atoms with Crippen LogP contribution in [0.25, 0.3) is 11.3 Å². The number of aryl methyl sites for hydroxylation is 2. The predicted octanol–water partition coefficient (Wildman–Crippen LogP) is 4.52. The van der Waals surface area contributed by atoms with Gasteiger partial charge in [-0.15, -0.1) is 11.3 Å². The number of hydrogen-bond donors (Lipinski definition) is 1. The van der Waals surface area contributed by atoms with Crippen molar-refractivity contribution in [2.75, 3.05) is 18.4 Å². The topological polar surface area (TPSA) is 75.4 Å². The van der Waals surface area contributed by atoms with Crippen LogP contribution in [0.2, 0.25) is 0 Å². The van der Waals surface area contributed by atoms with Gasteiger partial charge < -0.3 is 14.6 Å². The van der Waals surface area contributed by atoms with E-state index in [4.69, 9.17) is 4.42 Å². The molecule has 0 radical (unpaired) electrons. The molecule has 7 heteroatoms. The lowest BCUT2D eigenvalue weighted by Gasteiger charge is -2.31. The van der Waals surface area contributed by atoms with E-state index in [1.807, 2.05) is 53.7 Å². The van der Waals surface area contributed by atoms with E-state index in [0.717, 1.165) is 29.1 Å². The van der Waals surface area contributed by atoms with Crippen molar-refractivity contribution in [3.8, 4) is 11.3 Å². The van der Waals surface area contributed by atoms with Crippen molar-refractivity contribution < 1.29 is 14.0 Å². The molecular formula is C23H25N3O3S. The Balaban J connectivity index is 1.27. The van der Waals surface area contributed by atoms with Crippen molar-refractivity contribution in [3.63, 3.8) is 0 Å². The first-order valence-corrected chi connectivity index (χ1v) is 11.1. The second-order valence-electron chi connectivity index (χ2n) is 7.56. The molecule has 0 bridgehead atoms. The molecule has 1 aliphatic heterocycles. The zero-order valence-electron chi connectivity index (χ0n) is 17.0. The number of benzene rings is 1. The normalized spacial score (nSPS) is 14.6. The van der Waals surface area contributed by atoms with E-state index in [1.165, 1.54) is 4.88 Å². The first kappa shape index (κ1) is 20.3. The number of hydrogen-bond acceptors (Lipinski definition) is 5. The summed E-state index contributed by atoms with van der Waals surface area (Å²) in [6.45, 7) is 3.24. The van der Waals surface area contributed by atoms with Crippen molar-refractivity contribution in [2.24, 2.45) is 5.92 Å². The maximum atomic E-state index is 12.7. The Morgan fingerprint density at radius 2 is 2.07 bits per heavy atom. The summed E-state index contributed by atoms with van der Waals surface area (Å²) in [5.74, 6) is 0.864. The van der Waals surface area contributed by atoms with Crippen LogP contribution in [0.1, 0.15) is 29.8 Å². The van der Waals surface area contributed by atoms with E-state index in [2.05, 4.69) is 10.3 Å². The Kier molecular flexibility index (Phi) is 6.28. The van der Waals surface area contributed by atoms with E-state index in [-0.39, 0.29) is 17.7 Å². The lowest BCUT2D eigenvalue weighted by atomic mass is 9.95. The van der Waals surface area contributed by atoms with Gasteiger partial charge in [0.05, 0.1) is 17.5 Å². The number of anilines is 1. The Morgan fingerprint density at radius 3 is 2.77 bits per heavy atom. The third kappa shape index (κ3) is 4.79. The Hall–Kier alpha value is -2.93. The van der Waals surface area contributed by atoms with Crippen LogP contribution in [-0.2, 0) is 16.0 Å². The fourth-order valence-electron chi connectivity index (χ4n) is 3.77. The second-order valence-corrected chi connectivity index (χ2v) is 8.50. The van der Waals surface area contributed by atoms with Gasteiger partial charge in [0.1, 0.15) is 5.76 Å². The molecule has 1 fully saturated rings. The highest BCUT2D eigenvalue weighted by atomic mass is 32.1. The minimum atomic E-state index is -0.0786. The van der Waals surface area contributed by atoms with E-state index in [0.29, 0.717) is 32.4 Å². The van der Waals surface area contributed by atoms with Crippen molar-refractivity contribution >= 4 is 28.8 Å². The molecule has 2 amide bonds. The fraction of sp³-hybridized carbons (Fsp3) is 0.348. The standard InChI is InChI=1S/C23H25N3O3S/c1-16-21(30-15-24-16)7-8-22(27)26-11-9-17(10-12-26)23(28)25-19-5-2-4-18(14-19)20-6-3-13-29-20/h2-6,13-15,17H,7-12H2,1H3,(H,25,28). The number of carbonyl (C=O) groups is 2.